The van der Waals surface area contributed by atoms with Gasteiger partial charge in [-0.25, -0.2) is 0 Å². The molecule has 0 bridgehead atoms. The van der Waals surface area contributed by atoms with E-state index in [1.807, 2.05) is 30.3 Å². The second-order valence-electron chi connectivity index (χ2n) is 4.13. The average molecular weight is 222 g/mol. The quantitative estimate of drug-likeness (QED) is 0.761. The predicted octanol–water partition coefficient (Wildman–Crippen LogP) is 0.688. The van der Waals surface area contributed by atoms with E-state index in [-0.39, 0.29) is 18.3 Å². The third-order valence-electron chi connectivity index (χ3n) is 2.92. The Morgan fingerprint density at radius 1 is 1.12 bits per heavy atom. The largest absolute Gasteiger partial charge is 0.374 e. The van der Waals surface area contributed by atoms with Gasteiger partial charge in [-0.15, -0.1) is 0 Å². The highest BCUT2D eigenvalue weighted by atomic mass is 16.7. The predicted molar refractivity (Wildman–Crippen MR) is 55.6 cm³/mol. The SMILES string of the molecule is O[C@H]1O[C@H](COCc2ccccc2)[C@@H]2O[C@H]21. The maximum atomic E-state index is 9.32. The first-order valence-electron chi connectivity index (χ1n) is 5.45. The van der Waals surface area contributed by atoms with E-state index in [0.717, 1.165) is 5.56 Å². The van der Waals surface area contributed by atoms with E-state index in [9.17, 15) is 5.11 Å². The summed E-state index contributed by atoms with van der Waals surface area (Å²) in [5.74, 6) is 0. The van der Waals surface area contributed by atoms with Gasteiger partial charge in [0.15, 0.2) is 6.29 Å². The van der Waals surface area contributed by atoms with Gasteiger partial charge >= 0.3 is 0 Å². The molecule has 0 unspecified atom stereocenters. The molecule has 0 spiro atoms. The van der Waals surface area contributed by atoms with E-state index in [1.165, 1.54) is 0 Å². The molecule has 1 aromatic rings. The van der Waals surface area contributed by atoms with Crippen LogP contribution in [0.15, 0.2) is 30.3 Å². The van der Waals surface area contributed by atoms with Crippen LogP contribution in [0, 0.1) is 0 Å². The molecular weight excluding hydrogens is 208 g/mol. The van der Waals surface area contributed by atoms with Gasteiger partial charge in [-0.05, 0) is 5.56 Å². The van der Waals surface area contributed by atoms with Gasteiger partial charge in [0.2, 0.25) is 0 Å². The van der Waals surface area contributed by atoms with Crippen LogP contribution in [-0.2, 0) is 20.8 Å². The molecule has 4 heteroatoms. The van der Waals surface area contributed by atoms with Crippen molar-refractivity contribution in [1.29, 1.82) is 0 Å². The van der Waals surface area contributed by atoms with Crippen LogP contribution in [0.25, 0.3) is 0 Å². The van der Waals surface area contributed by atoms with Crippen LogP contribution in [-0.4, -0.2) is 36.3 Å². The van der Waals surface area contributed by atoms with Gasteiger partial charge in [0, 0.05) is 0 Å². The van der Waals surface area contributed by atoms with E-state index in [4.69, 9.17) is 14.2 Å². The lowest BCUT2D eigenvalue weighted by atomic mass is 10.2. The second kappa shape index (κ2) is 4.14. The fourth-order valence-corrected chi connectivity index (χ4v) is 2.00. The lowest BCUT2D eigenvalue weighted by Gasteiger charge is -2.14. The second-order valence-corrected chi connectivity index (χ2v) is 4.13. The normalized spacial score (nSPS) is 36.1. The van der Waals surface area contributed by atoms with Crippen molar-refractivity contribution in [3.8, 4) is 0 Å². The Kier molecular flexibility index (Phi) is 2.65. The summed E-state index contributed by atoms with van der Waals surface area (Å²) in [5.41, 5.74) is 1.13. The third-order valence-corrected chi connectivity index (χ3v) is 2.92. The molecule has 3 rings (SSSR count). The summed E-state index contributed by atoms with van der Waals surface area (Å²) in [6.45, 7) is 1.03. The van der Waals surface area contributed by atoms with Gasteiger partial charge in [-0.2, -0.15) is 0 Å². The van der Waals surface area contributed by atoms with Crippen LogP contribution in [0.2, 0.25) is 0 Å². The topological polar surface area (TPSA) is 51.2 Å². The zero-order chi connectivity index (χ0) is 11.0. The van der Waals surface area contributed by atoms with E-state index in [1.54, 1.807) is 0 Å². The Balaban J connectivity index is 1.44. The van der Waals surface area contributed by atoms with Crippen LogP contribution in [0.4, 0.5) is 0 Å². The Hall–Kier alpha value is -0.940. The summed E-state index contributed by atoms with van der Waals surface area (Å²) in [4.78, 5) is 0. The summed E-state index contributed by atoms with van der Waals surface area (Å²) in [5, 5.41) is 9.32. The fraction of sp³-hybridized carbons (Fsp3) is 0.500. The lowest BCUT2D eigenvalue weighted by molar-refractivity contribution is -0.155. The highest BCUT2D eigenvalue weighted by molar-refractivity contribution is 5.13. The number of aliphatic hydroxyl groups is 1. The number of hydrogen-bond acceptors (Lipinski definition) is 4. The first kappa shape index (κ1) is 10.2. The fourth-order valence-electron chi connectivity index (χ4n) is 2.00. The van der Waals surface area contributed by atoms with Crippen LogP contribution in [0.5, 0.6) is 0 Å². The van der Waals surface area contributed by atoms with Crippen molar-refractivity contribution in [2.45, 2.75) is 31.2 Å². The molecule has 4 atom stereocenters. The molecule has 2 aliphatic rings. The van der Waals surface area contributed by atoms with Crippen molar-refractivity contribution in [2.24, 2.45) is 0 Å². The number of ether oxygens (including phenoxy) is 3. The summed E-state index contributed by atoms with van der Waals surface area (Å²) in [6, 6.07) is 9.97. The van der Waals surface area contributed by atoms with E-state index < -0.39 is 6.29 Å². The maximum absolute atomic E-state index is 9.32. The van der Waals surface area contributed by atoms with Crippen molar-refractivity contribution in [1.82, 2.24) is 0 Å². The Morgan fingerprint density at radius 3 is 2.56 bits per heavy atom. The van der Waals surface area contributed by atoms with E-state index in [2.05, 4.69) is 0 Å². The Morgan fingerprint density at radius 2 is 1.94 bits per heavy atom. The maximum Gasteiger partial charge on any atom is 0.184 e. The number of epoxide rings is 1. The summed E-state index contributed by atoms with van der Waals surface area (Å²) in [7, 11) is 0. The number of fused-ring (bicyclic) bond motifs is 1. The Bertz CT molecular complexity index is 353. The summed E-state index contributed by atoms with van der Waals surface area (Å²) in [6.07, 6.45) is -0.977. The van der Waals surface area contributed by atoms with Crippen molar-refractivity contribution in [2.75, 3.05) is 6.61 Å². The molecular formula is C12H14O4. The molecule has 0 radical (unpaired) electrons. The van der Waals surface area contributed by atoms with E-state index in [0.29, 0.717) is 13.2 Å². The van der Waals surface area contributed by atoms with Crippen molar-refractivity contribution in [3.63, 3.8) is 0 Å². The summed E-state index contributed by atoms with van der Waals surface area (Å²) < 4.78 is 16.0. The minimum absolute atomic E-state index is 0.0331. The highest BCUT2D eigenvalue weighted by Gasteiger charge is 2.57. The number of benzene rings is 1. The van der Waals surface area contributed by atoms with Crippen LogP contribution in [0.1, 0.15) is 5.56 Å². The molecule has 0 saturated carbocycles. The molecule has 2 saturated heterocycles. The minimum Gasteiger partial charge on any atom is -0.374 e. The van der Waals surface area contributed by atoms with Gasteiger partial charge < -0.3 is 19.3 Å². The molecule has 2 fully saturated rings. The minimum atomic E-state index is -0.768. The molecule has 1 N–H and O–H groups in total. The van der Waals surface area contributed by atoms with Gasteiger partial charge in [-0.3, -0.25) is 0 Å². The first-order valence-corrected chi connectivity index (χ1v) is 5.45. The van der Waals surface area contributed by atoms with Gasteiger partial charge in [0.25, 0.3) is 0 Å². The molecule has 4 nitrogen and oxygen atoms in total. The van der Waals surface area contributed by atoms with E-state index >= 15 is 0 Å². The number of aliphatic hydroxyl groups excluding tert-OH is 1. The molecule has 0 amide bonds. The first-order chi connectivity index (χ1) is 7.84. The van der Waals surface area contributed by atoms with Gasteiger partial charge in [0.1, 0.15) is 18.3 Å². The lowest BCUT2D eigenvalue weighted by Crippen LogP contribution is -2.24. The highest BCUT2D eigenvalue weighted by Crippen LogP contribution is 2.38. The molecule has 86 valence electrons. The van der Waals surface area contributed by atoms with Crippen molar-refractivity contribution in [3.05, 3.63) is 35.9 Å². The summed E-state index contributed by atoms with van der Waals surface area (Å²) >= 11 is 0. The smallest absolute Gasteiger partial charge is 0.184 e. The van der Waals surface area contributed by atoms with Crippen molar-refractivity contribution >= 4 is 0 Å². The molecule has 2 heterocycles. The van der Waals surface area contributed by atoms with Crippen molar-refractivity contribution < 1.29 is 19.3 Å². The molecule has 2 aliphatic heterocycles. The molecule has 0 aliphatic carbocycles. The third kappa shape index (κ3) is 1.97. The molecule has 16 heavy (non-hydrogen) atoms. The number of hydrogen-bond donors (Lipinski definition) is 1. The van der Waals surface area contributed by atoms with Crippen LogP contribution < -0.4 is 0 Å². The molecule has 1 aromatic carbocycles. The standard InChI is InChI=1S/C12H14O4/c13-12-11-10(16-11)9(15-12)7-14-6-8-4-2-1-3-5-8/h1-5,9-13H,6-7H2/t9-,10+,11-,12+/m1/s1. The van der Waals surface area contributed by atoms with Gasteiger partial charge in [-0.1, -0.05) is 30.3 Å². The zero-order valence-electron chi connectivity index (χ0n) is 8.78. The van der Waals surface area contributed by atoms with Gasteiger partial charge in [0.05, 0.1) is 13.2 Å². The number of rotatable bonds is 4. The van der Waals surface area contributed by atoms with Crippen LogP contribution in [0.3, 0.4) is 0 Å². The molecule has 0 aromatic heterocycles. The average Bonchev–Trinajstić information content (AvgIpc) is 3.03. The Labute approximate surface area is 93.7 Å². The van der Waals surface area contributed by atoms with Crippen LogP contribution >= 0.6 is 0 Å². The monoisotopic (exact) mass is 222 g/mol. The zero-order valence-corrected chi connectivity index (χ0v) is 8.78.